The number of aromatic nitrogens is 1. The molecule has 2 heterocycles. The minimum Gasteiger partial charge on any atom is -0.480 e. The van der Waals surface area contributed by atoms with Crippen LogP contribution in [0.3, 0.4) is 0 Å². The number of carbonyl (C=O) groups is 2. The molecular formula is C22H24N4O4S. The number of hydrogen-bond donors (Lipinski definition) is 3. The van der Waals surface area contributed by atoms with Crippen LogP contribution in [-0.4, -0.2) is 54.3 Å². The maximum Gasteiger partial charge on any atom is 0.322 e. The molecule has 4 rings (SSSR count). The van der Waals surface area contributed by atoms with Gasteiger partial charge in [-0.25, -0.2) is 4.98 Å². The zero-order valence-electron chi connectivity index (χ0n) is 17.1. The molecule has 8 nitrogen and oxygen atoms in total. The van der Waals surface area contributed by atoms with Gasteiger partial charge in [0.2, 0.25) is 0 Å². The van der Waals surface area contributed by atoms with Crippen molar-refractivity contribution >= 4 is 50.6 Å². The molecule has 0 bridgehead atoms. The fourth-order valence-electron chi connectivity index (χ4n) is 3.61. The molecule has 0 radical (unpaired) electrons. The van der Waals surface area contributed by atoms with Crippen molar-refractivity contribution in [3.05, 3.63) is 47.3 Å². The smallest absolute Gasteiger partial charge is 0.322 e. The van der Waals surface area contributed by atoms with Crippen molar-refractivity contribution in [1.29, 1.82) is 0 Å². The van der Waals surface area contributed by atoms with E-state index in [1.807, 2.05) is 49.4 Å². The molecular weight excluding hydrogens is 416 g/mol. The molecule has 162 valence electrons. The van der Waals surface area contributed by atoms with Crippen molar-refractivity contribution < 1.29 is 19.4 Å². The van der Waals surface area contributed by atoms with E-state index in [-0.39, 0.29) is 24.4 Å². The summed E-state index contributed by atoms with van der Waals surface area (Å²) in [4.78, 5) is 31.0. The molecule has 3 aromatic rings. The minimum atomic E-state index is -1.02. The molecule has 9 heteroatoms. The summed E-state index contributed by atoms with van der Waals surface area (Å²) in [5.74, 6) is -1.07. The third-order valence-corrected chi connectivity index (χ3v) is 6.17. The van der Waals surface area contributed by atoms with Crippen LogP contribution in [0.15, 0.2) is 42.5 Å². The van der Waals surface area contributed by atoms with Crippen LogP contribution >= 0.6 is 11.3 Å². The van der Waals surface area contributed by atoms with Crippen LogP contribution in [0.25, 0.3) is 10.8 Å². The molecule has 0 spiro atoms. The predicted molar refractivity (Wildman–Crippen MR) is 122 cm³/mol. The SMILES string of the molecule is CCO[C@@H]1CCN(c2nc(NCC(=O)O)c(C(=O)Nc3ccc4ccccc4c3)s2)C1. The van der Waals surface area contributed by atoms with Gasteiger partial charge in [0, 0.05) is 25.4 Å². The first-order valence-electron chi connectivity index (χ1n) is 10.2. The number of carboxylic acids is 1. The predicted octanol–water partition coefficient (Wildman–Crippen LogP) is 3.66. The van der Waals surface area contributed by atoms with E-state index in [1.165, 1.54) is 11.3 Å². The van der Waals surface area contributed by atoms with Gasteiger partial charge in [0.15, 0.2) is 10.9 Å². The number of anilines is 3. The first-order chi connectivity index (χ1) is 15.0. The molecule has 0 unspecified atom stereocenters. The van der Waals surface area contributed by atoms with Crippen molar-refractivity contribution in [2.24, 2.45) is 0 Å². The number of carbonyl (C=O) groups excluding carboxylic acids is 1. The Morgan fingerprint density at radius 1 is 1.26 bits per heavy atom. The maximum atomic E-state index is 13.0. The van der Waals surface area contributed by atoms with Gasteiger partial charge in [-0.2, -0.15) is 0 Å². The van der Waals surface area contributed by atoms with E-state index in [9.17, 15) is 9.59 Å². The molecule has 1 saturated heterocycles. The first-order valence-corrected chi connectivity index (χ1v) is 11.0. The molecule has 3 N–H and O–H groups in total. The van der Waals surface area contributed by atoms with Gasteiger partial charge in [0.05, 0.1) is 6.10 Å². The Kier molecular flexibility index (Phi) is 6.34. The summed E-state index contributed by atoms with van der Waals surface area (Å²) in [6, 6.07) is 13.6. The summed E-state index contributed by atoms with van der Waals surface area (Å²) in [7, 11) is 0. The number of nitrogens with zero attached hydrogens (tertiary/aromatic N) is 2. The molecule has 1 atom stereocenters. The van der Waals surface area contributed by atoms with Gasteiger partial charge in [0.1, 0.15) is 11.4 Å². The molecule has 1 aliphatic heterocycles. The van der Waals surface area contributed by atoms with Gasteiger partial charge in [-0.3, -0.25) is 9.59 Å². The fraction of sp³-hybridized carbons (Fsp3) is 0.318. The number of nitrogens with one attached hydrogen (secondary N) is 2. The Morgan fingerprint density at radius 2 is 2.06 bits per heavy atom. The van der Waals surface area contributed by atoms with Gasteiger partial charge in [-0.1, -0.05) is 41.7 Å². The highest BCUT2D eigenvalue weighted by Gasteiger charge is 2.28. The standard InChI is InChI=1S/C22H24N4O4S/c1-2-30-17-9-10-26(13-17)22-25-20(23-12-18(27)28)19(31-22)21(29)24-16-8-7-14-5-3-4-6-15(14)11-16/h3-8,11,17,23H,2,9-10,12-13H2,1H3,(H,24,29)(H,27,28)/t17-/m1/s1. The number of benzene rings is 2. The Hall–Kier alpha value is -3.17. The second-order valence-electron chi connectivity index (χ2n) is 7.25. The van der Waals surface area contributed by atoms with E-state index in [1.54, 1.807) is 0 Å². The van der Waals surface area contributed by atoms with Gasteiger partial charge in [-0.15, -0.1) is 0 Å². The quantitative estimate of drug-likeness (QED) is 0.491. The lowest BCUT2D eigenvalue weighted by atomic mass is 10.1. The number of amides is 1. The average Bonchev–Trinajstić information content (AvgIpc) is 3.39. The molecule has 0 aliphatic carbocycles. The number of carboxylic acid groups (broad SMARTS) is 1. The van der Waals surface area contributed by atoms with E-state index in [4.69, 9.17) is 9.84 Å². The van der Waals surface area contributed by atoms with Gasteiger partial charge in [0.25, 0.3) is 5.91 Å². The molecule has 1 amide bonds. The third kappa shape index (κ3) is 4.95. The van der Waals surface area contributed by atoms with Crippen LogP contribution < -0.4 is 15.5 Å². The maximum absolute atomic E-state index is 13.0. The van der Waals surface area contributed by atoms with Crippen LogP contribution in [0.2, 0.25) is 0 Å². The number of fused-ring (bicyclic) bond motifs is 1. The van der Waals surface area contributed by atoms with Crippen molar-refractivity contribution in [3.63, 3.8) is 0 Å². The van der Waals surface area contributed by atoms with Crippen LogP contribution in [0, 0.1) is 0 Å². The Labute approximate surface area is 183 Å². The zero-order chi connectivity index (χ0) is 21.8. The second kappa shape index (κ2) is 9.32. The number of rotatable bonds is 8. The van der Waals surface area contributed by atoms with Gasteiger partial charge >= 0.3 is 5.97 Å². The summed E-state index contributed by atoms with van der Waals surface area (Å²) in [5.41, 5.74) is 0.667. The third-order valence-electron chi connectivity index (χ3n) is 5.05. The second-order valence-corrected chi connectivity index (χ2v) is 8.23. The summed E-state index contributed by atoms with van der Waals surface area (Å²) in [6.07, 6.45) is 1.03. The highest BCUT2D eigenvalue weighted by atomic mass is 32.1. The molecule has 1 aliphatic rings. The lowest BCUT2D eigenvalue weighted by Crippen LogP contribution is -2.22. The van der Waals surface area contributed by atoms with Crippen molar-refractivity contribution in [1.82, 2.24) is 4.98 Å². The van der Waals surface area contributed by atoms with Crippen LogP contribution in [0.5, 0.6) is 0 Å². The number of thiazole rings is 1. The van der Waals surface area contributed by atoms with E-state index < -0.39 is 5.97 Å². The van der Waals surface area contributed by atoms with Crippen molar-refractivity contribution in [2.45, 2.75) is 19.4 Å². The van der Waals surface area contributed by atoms with Gasteiger partial charge < -0.3 is 25.4 Å². The van der Waals surface area contributed by atoms with Crippen LogP contribution in [-0.2, 0) is 9.53 Å². The number of ether oxygens (including phenoxy) is 1. The highest BCUT2D eigenvalue weighted by Crippen LogP contribution is 2.33. The molecule has 0 saturated carbocycles. The lowest BCUT2D eigenvalue weighted by molar-refractivity contribution is -0.134. The van der Waals surface area contributed by atoms with E-state index >= 15 is 0 Å². The largest absolute Gasteiger partial charge is 0.480 e. The Bertz CT molecular complexity index is 1100. The van der Waals surface area contributed by atoms with Crippen LogP contribution in [0.4, 0.5) is 16.6 Å². The molecule has 31 heavy (non-hydrogen) atoms. The van der Waals surface area contributed by atoms with E-state index in [2.05, 4.69) is 20.5 Å². The summed E-state index contributed by atoms with van der Waals surface area (Å²) in [5, 5.41) is 17.5. The van der Waals surface area contributed by atoms with Crippen molar-refractivity contribution in [2.75, 3.05) is 41.8 Å². The minimum absolute atomic E-state index is 0.138. The Morgan fingerprint density at radius 3 is 2.84 bits per heavy atom. The van der Waals surface area contributed by atoms with E-state index in [0.29, 0.717) is 28.8 Å². The number of aliphatic carboxylic acids is 1. The Balaban J connectivity index is 1.56. The summed E-state index contributed by atoms with van der Waals surface area (Å²) >= 11 is 1.25. The fourth-order valence-corrected chi connectivity index (χ4v) is 4.58. The first kappa shape index (κ1) is 21.1. The topological polar surface area (TPSA) is 104 Å². The molecule has 1 aromatic heterocycles. The molecule has 1 fully saturated rings. The monoisotopic (exact) mass is 440 g/mol. The molecule has 2 aromatic carbocycles. The normalized spacial score (nSPS) is 15.9. The number of hydrogen-bond acceptors (Lipinski definition) is 7. The summed E-state index contributed by atoms with van der Waals surface area (Å²) < 4.78 is 5.69. The average molecular weight is 441 g/mol. The van der Waals surface area contributed by atoms with Gasteiger partial charge in [-0.05, 0) is 36.2 Å². The highest BCUT2D eigenvalue weighted by molar-refractivity contribution is 7.18. The zero-order valence-corrected chi connectivity index (χ0v) is 17.9. The van der Waals surface area contributed by atoms with E-state index in [0.717, 1.165) is 23.7 Å². The van der Waals surface area contributed by atoms with Crippen molar-refractivity contribution in [3.8, 4) is 0 Å². The van der Waals surface area contributed by atoms with Crippen LogP contribution in [0.1, 0.15) is 23.0 Å². The lowest BCUT2D eigenvalue weighted by Gasteiger charge is -2.14. The summed E-state index contributed by atoms with van der Waals surface area (Å²) in [6.45, 7) is 3.78.